The lowest BCUT2D eigenvalue weighted by Crippen LogP contribution is -2.47. The Morgan fingerprint density at radius 1 is 1.10 bits per heavy atom. The molecule has 0 saturated carbocycles. The first-order valence-electron chi connectivity index (χ1n) is 6.91. The summed E-state index contributed by atoms with van der Waals surface area (Å²) in [6.45, 7) is 5.19. The summed E-state index contributed by atoms with van der Waals surface area (Å²) < 4.78 is 1.79. The quantitative estimate of drug-likeness (QED) is 0.808. The largest absolute Gasteiger partial charge is 0.352 e. The number of hydrogen-bond donors (Lipinski definition) is 0. The molecule has 2 aromatic heterocycles. The van der Waals surface area contributed by atoms with Crippen LogP contribution in [0.2, 0.25) is 0 Å². The standard InChI is InChI=1S/C14H17N7/c1-11-12(10-15)13(19(2)18-11)20-6-8-21(9-7-20)14-16-4-3-5-17-14/h3-5H,6-9H2,1-2H3. The van der Waals surface area contributed by atoms with Gasteiger partial charge in [0.1, 0.15) is 17.5 Å². The number of nitrogens with zero attached hydrogens (tertiary/aromatic N) is 7. The van der Waals surface area contributed by atoms with Gasteiger partial charge in [-0.3, -0.25) is 4.68 Å². The molecule has 1 saturated heterocycles. The van der Waals surface area contributed by atoms with E-state index in [0.29, 0.717) is 5.56 Å². The first-order chi connectivity index (χ1) is 10.2. The summed E-state index contributed by atoms with van der Waals surface area (Å²) in [6, 6.07) is 4.08. The van der Waals surface area contributed by atoms with Crippen LogP contribution in [-0.4, -0.2) is 45.9 Å². The van der Waals surface area contributed by atoms with Crippen molar-refractivity contribution < 1.29 is 0 Å². The number of aromatic nitrogens is 4. The molecule has 0 aromatic carbocycles. The maximum Gasteiger partial charge on any atom is 0.225 e. The molecule has 21 heavy (non-hydrogen) atoms. The van der Waals surface area contributed by atoms with Crippen LogP contribution in [0.5, 0.6) is 0 Å². The van der Waals surface area contributed by atoms with Gasteiger partial charge < -0.3 is 9.80 Å². The van der Waals surface area contributed by atoms with Crippen molar-refractivity contribution in [1.82, 2.24) is 19.7 Å². The molecule has 0 bridgehead atoms. The Kier molecular flexibility index (Phi) is 3.44. The van der Waals surface area contributed by atoms with Crippen molar-refractivity contribution in [2.45, 2.75) is 6.92 Å². The van der Waals surface area contributed by atoms with Crippen LogP contribution in [0.1, 0.15) is 11.3 Å². The van der Waals surface area contributed by atoms with Gasteiger partial charge in [-0.1, -0.05) is 0 Å². The fourth-order valence-corrected chi connectivity index (χ4v) is 2.71. The molecular weight excluding hydrogens is 266 g/mol. The van der Waals surface area contributed by atoms with E-state index in [4.69, 9.17) is 0 Å². The van der Waals surface area contributed by atoms with Gasteiger partial charge in [-0.15, -0.1) is 0 Å². The Morgan fingerprint density at radius 2 is 1.71 bits per heavy atom. The Labute approximate surface area is 123 Å². The minimum Gasteiger partial charge on any atom is -0.352 e. The first-order valence-corrected chi connectivity index (χ1v) is 6.91. The molecule has 3 rings (SSSR count). The zero-order valence-corrected chi connectivity index (χ0v) is 12.2. The molecule has 2 aromatic rings. The summed E-state index contributed by atoms with van der Waals surface area (Å²) in [4.78, 5) is 12.9. The molecule has 0 N–H and O–H groups in total. The molecule has 0 radical (unpaired) electrons. The molecule has 3 heterocycles. The van der Waals surface area contributed by atoms with Crippen molar-refractivity contribution in [3.8, 4) is 6.07 Å². The SMILES string of the molecule is Cc1nn(C)c(N2CCN(c3ncccn3)CC2)c1C#N. The minimum atomic E-state index is 0.668. The van der Waals surface area contributed by atoms with Crippen molar-refractivity contribution in [3.63, 3.8) is 0 Å². The van der Waals surface area contributed by atoms with Crippen molar-refractivity contribution >= 4 is 11.8 Å². The molecule has 0 spiro atoms. The highest BCUT2D eigenvalue weighted by atomic mass is 15.4. The van der Waals surface area contributed by atoms with Gasteiger partial charge in [-0.25, -0.2) is 9.97 Å². The zero-order valence-electron chi connectivity index (χ0n) is 12.2. The van der Waals surface area contributed by atoms with Crippen LogP contribution in [0, 0.1) is 18.3 Å². The molecule has 1 fully saturated rings. The minimum absolute atomic E-state index is 0.668. The summed E-state index contributed by atoms with van der Waals surface area (Å²) in [5.74, 6) is 1.67. The highest BCUT2D eigenvalue weighted by Gasteiger charge is 2.24. The molecule has 0 amide bonds. The second kappa shape index (κ2) is 5.40. The predicted octanol–water partition coefficient (Wildman–Crippen LogP) is 0.717. The predicted molar refractivity (Wildman–Crippen MR) is 79.1 cm³/mol. The Bertz CT molecular complexity index is 663. The van der Waals surface area contributed by atoms with Crippen LogP contribution in [0.25, 0.3) is 0 Å². The monoisotopic (exact) mass is 283 g/mol. The summed E-state index contributed by atoms with van der Waals surface area (Å²) in [5, 5.41) is 13.7. The van der Waals surface area contributed by atoms with E-state index < -0.39 is 0 Å². The highest BCUT2D eigenvalue weighted by molar-refractivity contribution is 5.57. The van der Waals surface area contributed by atoms with E-state index in [1.807, 2.05) is 20.0 Å². The van der Waals surface area contributed by atoms with Gasteiger partial charge in [0.2, 0.25) is 5.95 Å². The van der Waals surface area contributed by atoms with Gasteiger partial charge in [0.05, 0.1) is 5.69 Å². The third kappa shape index (κ3) is 2.40. The maximum absolute atomic E-state index is 9.31. The fraction of sp³-hybridized carbons (Fsp3) is 0.429. The number of nitriles is 1. The van der Waals surface area contributed by atoms with Gasteiger partial charge in [-0.05, 0) is 13.0 Å². The molecule has 1 aliphatic heterocycles. The molecule has 108 valence electrons. The van der Waals surface area contributed by atoms with Crippen LogP contribution < -0.4 is 9.80 Å². The average Bonchev–Trinajstić information content (AvgIpc) is 2.82. The van der Waals surface area contributed by atoms with Crippen molar-refractivity contribution in [2.24, 2.45) is 7.05 Å². The van der Waals surface area contributed by atoms with Crippen LogP contribution >= 0.6 is 0 Å². The summed E-state index contributed by atoms with van der Waals surface area (Å²) in [7, 11) is 1.88. The molecule has 0 atom stereocenters. The number of rotatable bonds is 2. The van der Waals surface area contributed by atoms with Crippen molar-refractivity contribution in [2.75, 3.05) is 36.0 Å². The van der Waals surface area contributed by atoms with E-state index in [9.17, 15) is 5.26 Å². The maximum atomic E-state index is 9.31. The first kappa shape index (κ1) is 13.4. The van der Waals surface area contributed by atoms with E-state index >= 15 is 0 Å². The molecular formula is C14H17N7. The lowest BCUT2D eigenvalue weighted by atomic mass is 10.2. The second-order valence-electron chi connectivity index (χ2n) is 5.04. The average molecular weight is 283 g/mol. The van der Waals surface area contributed by atoms with Gasteiger partial charge in [0.15, 0.2) is 0 Å². The molecule has 7 nitrogen and oxygen atoms in total. The van der Waals surface area contributed by atoms with Crippen LogP contribution in [0.4, 0.5) is 11.8 Å². The van der Waals surface area contributed by atoms with Crippen molar-refractivity contribution in [1.29, 1.82) is 5.26 Å². The molecule has 7 heteroatoms. The fourth-order valence-electron chi connectivity index (χ4n) is 2.71. The summed E-state index contributed by atoms with van der Waals surface area (Å²) in [6.07, 6.45) is 3.51. The van der Waals surface area contributed by atoms with E-state index in [1.54, 1.807) is 17.1 Å². The van der Waals surface area contributed by atoms with Crippen molar-refractivity contribution in [3.05, 3.63) is 29.7 Å². The molecule has 0 unspecified atom stereocenters. The topological polar surface area (TPSA) is 73.9 Å². The van der Waals surface area contributed by atoms with E-state index in [0.717, 1.165) is 43.6 Å². The van der Waals surface area contributed by atoms with Gasteiger partial charge >= 0.3 is 0 Å². The van der Waals surface area contributed by atoms with E-state index in [2.05, 4.69) is 30.9 Å². The smallest absolute Gasteiger partial charge is 0.225 e. The third-order valence-corrected chi connectivity index (χ3v) is 3.72. The zero-order chi connectivity index (χ0) is 14.8. The Balaban J connectivity index is 1.76. The summed E-state index contributed by atoms with van der Waals surface area (Å²) in [5.41, 5.74) is 1.45. The van der Waals surface area contributed by atoms with Crippen LogP contribution in [-0.2, 0) is 7.05 Å². The van der Waals surface area contributed by atoms with Gasteiger partial charge in [-0.2, -0.15) is 10.4 Å². The number of hydrogen-bond acceptors (Lipinski definition) is 6. The lowest BCUT2D eigenvalue weighted by molar-refractivity contribution is 0.614. The highest BCUT2D eigenvalue weighted by Crippen LogP contribution is 2.24. The van der Waals surface area contributed by atoms with E-state index in [1.165, 1.54) is 0 Å². The third-order valence-electron chi connectivity index (χ3n) is 3.72. The van der Waals surface area contributed by atoms with Gasteiger partial charge in [0, 0.05) is 45.6 Å². The normalized spacial score (nSPS) is 15.1. The molecule has 0 aliphatic carbocycles. The van der Waals surface area contributed by atoms with Crippen LogP contribution in [0.3, 0.4) is 0 Å². The number of piperazine rings is 1. The number of aryl methyl sites for hydroxylation is 2. The summed E-state index contributed by atoms with van der Waals surface area (Å²) >= 11 is 0. The Hall–Kier alpha value is -2.62. The van der Waals surface area contributed by atoms with Crippen LogP contribution in [0.15, 0.2) is 18.5 Å². The van der Waals surface area contributed by atoms with Gasteiger partial charge in [0.25, 0.3) is 0 Å². The van der Waals surface area contributed by atoms with E-state index in [-0.39, 0.29) is 0 Å². The number of anilines is 2. The second-order valence-corrected chi connectivity index (χ2v) is 5.04. The lowest BCUT2D eigenvalue weighted by Gasteiger charge is -2.35. The molecule has 1 aliphatic rings. The Morgan fingerprint density at radius 3 is 2.33 bits per heavy atom.